The Morgan fingerprint density at radius 1 is 1.45 bits per heavy atom. The van der Waals surface area contributed by atoms with E-state index in [9.17, 15) is 0 Å². The molecule has 1 aromatic heterocycles. The summed E-state index contributed by atoms with van der Waals surface area (Å²) in [5.74, 6) is 1.13. The van der Waals surface area contributed by atoms with E-state index in [1.165, 1.54) is 0 Å². The predicted octanol–water partition coefficient (Wildman–Crippen LogP) is 1.62. The highest BCUT2D eigenvalue weighted by atomic mass is 16.5. The third-order valence-corrected chi connectivity index (χ3v) is 4.36. The average molecular weight is 281 g/mol. The van der Waals surface area contributed by atoms with Crippen molar-refractivity contribution in [2.24, 2.45) is 0 Å². The fraction of sp³-hybridized carbons (Fsp3) is 0.800. The molecule has 0 radical (unpaired) electrons. The number of aryl methyl sites for hydroxylation is 1. The molecule has 5 heteroatoms. The Hall–Kier alpha value is -0.910. The van der Waals surface area contributed by atoms with Gasteiger partial charge in [-0.3, -0.25) is 0 Å². The zero-order chi connectivity index (χ0) is 14.4. The minimum atomic E-state index is -0.140. The first-order valence-corrected chi connectivity index (χ1v) is 7.62. The van der Waals surface area contributed by atoms with Gasteiger partial charge in [0.25, 0.3) is 0 Å². The zero-order valence-electron chi connectivity index (χ0n) is 12.9. The monoisotopic (exact) mass is 281 g/mol. The molecular weight excluding hydrogens is 254 g/mol. The molecule has 0 saturated carbocycles. The number of nitrogens with zero attached hydrogens (tertiary/aromatic N) is 2. The molecule has 0 aromatic carbocycles. The molecule has 0 bridgehead atoms. The van der Waals surface area contributed by atoms with Gasteiger partial charge in [0, 0.05) is 64.6 Å². The maximum absolute atomic E-state index is 5.94. The molecule has 1 aliphatic heterocycles. The Kier molecular flexibility index (Phi) is 5.57. The maximum Gasteiger partial charge on any atom is 0.110 e. The van der Waals surface area contributed by atoms with Gasteiger partial charge < -0.3 is 19.4 Å². The van der Waals surface area contributed by atoms with Crippen molar-refractivity contribution < 1.29 is 9.47 Å². The summed E-state index contributed by atoms with van der Waals surface area (Å²) >= 11 is 0. The first-order chi connectivity index (χ1) is 9.75. The van der Waals surface area contributed by atoms with Gasteiger partial charge in [0.05, 0.1) is 5.60 Å². The topological polar surface area (TPSA) is 48.3 Å². The molecule has 1 aliphatic rings. The first-order valence-electron chi connectivity index (χ1n) is 7.62. The van der Waals surface area contributed by atoms with E-state index in [0.717, 1.165) is 51.4 Å². The molecule has 5 nitrogen and oxygen atoms in total. The Bertz CT molecular complexity index is 400. The fourth-order valence-corrected chi connectivity index (χ4v) is 3.10. The van der Waals surface area contributed by atoms with Gasteiger partial charge in [-0.05, 0) is 13.5 Å². The van der Waals surface area contributed by atoms with Gasteiger partial charge in [-0.2, -0.15) is 0 Å². The van der Waals surface area contributed by atoms with Gasteiger partial charge in [-0.1, -0.05) is 6.92 Å². The lowest BCUT2D eigenvalue weighted by atomic mass is 9.84. The summed E-state index contributed by atoms with van der Waals surface area (Å²) in [6.45, 7) is 7.73. The Labute approximate surface area is 121 Å². The van der Waals surface area contributed by atoms with E-state index < -0.39 is 0 Å². The molecule has 1 unspecified atom stereocenters. The minimum absolute atomic E-state index is 0.140. The average Bonchev–Trinajstić information content (AvgIpc) is 2.95. The summed E-state index contributed by atoms with van der Waals surface area (Å²) in [6.07, 6.45) is 6.69. The number of ether oxygens (including phenoxy) is 2. The number of imidazole rings is 1. The molecule has 1 aromatic rings. The second kappa shape index (κ2) is 7.20. The van der Waals surface area contributed by atoms with Gasteiger partial charge in [-0.25, -0.2) is 4.98 Å². The van der Waals surface area contributed by atoms with E-state index in [1.54, 1.807) is 0 Å². The van der Waals surface area contributed by atoms with Crippen LogP contribution >= 0.6 is 0 Å². The molecule has 2 heterocycles. The summed E-state index contributed by atoms with van der Waals surface area (Å²) in [5.41, 5.74) is -0.140. The highest BCUT2D eigenvalue weighted by molar-refractivity contribution is 5.03. The van der Waals surface area contributed by atoms with Crippen LogP contribution in [-0.4, -0.2) is 48.1 Å². The summed E-state index contributed by atoms with van der Waals surface area (Å²) in [7, 11) is 1.82. The number of hydrogen-bond donors (Lipinski definition) is 1. The number of methoxy groups -OCH3 is 1. The van der Waals surface area contributed by atoms with Crippen LogP contribution in [0.3, 0.4) is 0 Å². The highest BCUT2D eigenvalue weighted by Crippen LogP contribution is 2.30. The van der Waals surface area contributed by atoms with Crippen LogP contribution < -0.4 is 5.32 Å². The van der Waals surface area contributed by atoms with Crippen molar-refractivity contribution in [3.63, 3.8) is 0 Å². The van der Waals surface area contributed by atoms with Crippen molar-refractivity contribution in [2.45, 2.75) is 51.3 Å². The van der Waals surface area contributed by atoms with Crippen LogP contribution in [-0.2, 0) is 22.4 Å². The fourth-order valence-electron chi connectivity index (χ4n) is 3.10. The minimum Gasteiger partial charge on any atom is -0.381 e. The number of likely N-dealkylation sites (N-methyl/N-ethyl adjacent to an activating group) is 1. The number of aromatic nitrogens is 2. The van der Waals surface area contributed by atoms with Gasteiger partial charge in [0.2, 0.25) is 0 Å². The first kappa shape index (κ1) is 15.5. The van der Waals surface area contributed by atoms with Crippen molar-refractivity contribution in [3.8, 4) is 0 Å². The van der Waals surface area contributed by atoms with E-state index in [1.807, 2.05) is 19.5 Å². The zero-order valence-corrected chi connectivity index (χ0v) is 12.9. The van der Waals surface area contributed by atoms with Crippen LogP contribution in [0.4, 0.5) is 0 Å². The molecular formula is C15H27N3O2. The quantitative estimate of drug-likeness (QED) is 0.825. The van der Waals surface area contributed by atoms with Gasteiger partial charge in [-0.15, -0.1) is 0 Å². The smallest absolute Gasteiger partial charge is 0.110 e. The van der Waals surface area contributed by atoms with E-state index in [0.29, 0.717) is 0 Å². The van der Waals surface area contributed by atoms with E-state index in [-0.39, 0.29) is 11.6 Å². The van der Waals surface area contributed by atoms with Crippen molar-refractivity contribution in [2.75, 3.05) is 26.9 Å². The maximum atomic E-state index is 5.94. The second-order valence-electron chi connectivity index (χ2n) is 5.33. The SMILES string of the molecule is CCNC(Cc1nccn1CC)C1(OC)CCOCC1. The van der Waals surface area contributed by atoms with Crippen LogP contribution in [0.1, 0.15) is 32.5 Å². The van der Waals surface area contributed by atoms with E-state index in [4.69, 9.17) is 9.47 Å². The van der Waals surface area contributed by atoms with Gasteiger partial charge in [0.15, 0.2) is 0 Å². The molecule has 0 aliphatic carbocycles. The van der Waals surface area contributed by atoms with Crippen molar-refractivity contribution in [1.29, 1.82) is 0 Å². The largest absolute Gasteiger partial charge is 0.381 e. The molecule has 20 heavy (non-hydrogen) atoms. The van der Waals surface area contributed by atoms with Gasteiger partial charge >= 0.3 is 0 Å². The number of nitrogens with one attached hydrogen (secondary N) is 1. The summed E-state index contributed by atoms with van der Waals surface area (Å²) in [6, 6.07) is 0.272. The number of rotatable bonds is 7. The van der Waals surface area contributed by atoms with Gasteiger partial charge in [0.1, 0.15) is 5.82 Å². The van der Waals surface area contributed by atoms with Crippen molar-refractivity contribution in [1.82, 2.24) is 14.9 Å². The molecule has 0 spiro atoms. The lowest BCUT2D eigenvalue weighted by Crippen LogP contribution is -2.56. The highest BCUT2D eigenvalue weighted by Gasteiger charge is 2.40. The van der Waals surface area contributed by atoms with Crippen LogP contribution in [0.2, 0.25) is 0 Å². The van der Waals surface area contributed by atoms with Crippen LogP contribution in [0.5, 0.6) is 0 Å². The molecule has 1 N–H and O–H groups in total. The third kappa shape index (κ3) is 3.22. The predicted molar refractivity (Wildman–Crippen MR) is 78.9 cm³/mol. The Balaban J connectivity index is 2.16. The standard InChI is InChI=1S/C15H27N3O2/c1-4-16-13(12-14-17-8-9-18(14)5-2)15(19-3)6-10-20-11-7-15/h8-9,13,16H,4-7,10-12H2,1-3H3. The molecule has 1 fully saturated rings. The third-order valence-electron chi connectivity index (χ3n) is 4.36. The molecule has 0 amide bonds. The van der Waals surface area contributed by atoms with Crippen molar-refractivity contribution >= 4 is 0 Å². The van der Waals surface area contributed by atoms with Crippen LogP contribution in [0.25, 0.3) is 0 Å². The molecule has 1 saturated heterocycles. The number of hydrogen-bond acceptors (Lipinski definition) is 4. The van der Waals surface area contributed by atoms with Crippen molar-refractivity contribution in [3.05, 3.63) is 18.2 Å². The Morgan fingerprint density at radius 2 is 2.20 bits per heavy atom. The van der Waals surface area contributed by atoms with Crippen LogP contribution in [0, 0.1) is 0 Å². The molecule has 2 rings (SSSR count). The lowest BCUT2D eigenvalue weighted by molar-refractivity contribution is -0.110. The van der Waals surface area contributed by atoms with Crippen LogP contribution in [0.15, 0.2) is 12.4 Å². The summed E-state index contributed by atoms with van der Waals surface area (Å²) < 4.78 is 13.6. The normalized spacial score (nSPS) is 19.9. The van der Waals surface area contributed by atoms with E-state index in [2.05, 4.69) is 28.7 Å². The molecule has 1 atom stereocenters. The summed E-state index contributed by atoms with van der Waals surface area (Å²) in [4.78, 5) is 4.51. The summed E-state index contributed by atoms with van der Waals surface area (Å²) in [5, 5.41) is 3.60. The Morgan fingerprint density at radius 3 is 2.80 bits per heavy atom. The second-order valence-corrected chi connectivity index (χ2v) is 5.33. The van der Waals surface area contributed by atoms with E-state index >= 15 is 0 Å². The molecule has 114 valence electrons. The lowest BCUT2D eigenvalue weighted by Gasteiger charge is -2.42.